The molecule has 1 fully saturated rings. The highest BCUT2D eigenvalue weighted by Gasteiger charge is 2.42. The van der Waals surface area contributed by atoms with Gasteiger partial charge in [0.15, 0.2) is 0 Å². The Kier molecular flexibility index (Phi) is 10.6. The molecule has 0 radical (unpaired) electrons. The van der Waals surface area contributed by atoms with Crippen LogP contribution in [0, 0.1) is 30.1 Å². The fourth-order valence-corrected chi connectivity index (χ4v) is 5.52. The molecule has 1 saturated heterocycles. The van der Waals surface area contributed by atoms with Crippen molar-refractivity contribution in [3.8, 4) is 0 Å². The first-order valence-corrected chi connectivity index (χ1v) is 13.6. The van der Waals surface area contributed by atoms with Gasteiger partial charge in [-0.1, -0.05) is 47.5 Å². The van der Waals surface area contributed by atoms with Gasteiger partial charge in [-0.3, -0.25) is 9.59 Å². The van der Waals surface area contributed by atoms with E-state index in [1.165, 1.54) is 0 Å². The number of nitrogens with zero attached hydrogens (tertiary/aromatic N) is 1. The Bertz CT molecular complexity index is 896. The van der Waals surface area contributed by atoms with Crippen LogP contribution in [0.3, 0.4) is 0 Å². The van der Waals surface area contributed by atoms with Crippen LogP contribution in [0.2, 0.25) is 0 Å². The maximum atomic E-state index is 13.2. The third-order valence-electron chi connectivity index (χ3n) is 7.48. The van der Waals surface area contributed by atoms with Gasteiger partial charge in [-0.05, 0) is 50.2 Å². The van der Waals surface area contributed by atoms with Gasteiger partial charge in [0.1, 0.15) is 11.9 Å². The lowest BCUT2D eigenvalue weighted by atomic mass is 9.73. The molecule has 7 nitrogen and oxygen atoms in total. The first-order valence-electron chi connectivity index (χ1n) is 12.7. The molecule has 35 heavy (non-hydrogen) atoms. The molecule has 4 N–H and O–H groups in total. The van der Waals surface area contributed by atoms with E-state index in [0.717, 1.165) is 35.5 Å². The molecule has 0 amide bonds. The Morgan fingerprint density at radius 3 is 2.49 bits per heavy atom. The number of rotatable bonds is 2. The molecule has 8 heteroatoms. The Hall–Kier alpha value is -1.61. The molecule has 0 spiro atoms. The molecule has 1 aliphatic heterocycles. The molecular weight excluding hydrogens is 464 g/mol. The third kappa shape index (κ3) is 7.94. The number of hydrogen-bond donors (Lipinski definition) is 3. The molecule has 0 bridgehead atoms. The number of hydrogen-bond acceptors (Lipinski definition) is 8. The van der Waals surface area contributed by atoms with E-state index >= 15 is 0 Å². The quantitative estimate of drug-likeness (QED) is 0.510. The number of aliphatic hydroxyl groups excluding tert-OH is 2. The second-order valence-corrected chi connectivity index (χ2v) is 12.2. The third-order valence-corrected chi connectivity index (χ3v) is 8.27. The Labute approximate surface area is 214 Å². The Morgan fingerprint density at radius 2 is 1.89 bits per heavy atom. The number of thiazole rings is 1. The van der Waals surface area contributed by atoms with Gasteiger partial charge in [0.2, 0.25) is 0 Å². The normalized spacial score (nSPS) is 34.5. The second kappa shape index (κ2) is 12.6. The molecular formula is C27H44N2O5S. The highest BCUT2D eigenvalue weighted by Crippen LogP contribution is 2.33. The van der Waals surface area contributed by atoms with Gasteiger partial charge >= 0.3 is 5.97 Å². The first-order chi connectivity index (χ1) is 16.2. The lowest BCUT2D eigenvalue weighted by Crippen LogP contribution is -2.46. The SMILES string of the molecule is C/C(=C\c1csc(C)n1)C1OC(=O)CC(O)C(C)(C)C(=O)C(C)C(O)C(C)CCCC(C)CC1N. The first kappa shape index (κ1) is 29.6. The molecule has 0 saturated carbocycles. The van der Waals surface area contributed by atoms with Crippen LogP contribution < -0.4 is 5.73 Å². The number of aliphatic hydroxyl groups is 2. The van der Waals surface area contributed by atoms with Gasteiger partial charge in [-0.25, -0.2) is 4.98 Å². The molecule has 198 valence electrons. The molecule has 7 unspecified atom stereocenters. The van der Waals surface area contributed by atoms with Crippen LogP contribution in [0.25, 0.3) is 6.08 Å². The number of aryl methyl sites for hydroxylation is 1. The number of carbonyl (C=O) groups excluding carboxylic acids is 2. The van der Waals surface area contributed by atoms with Crippen LogP contribution >= 0.6 is 11.3 Å². The van der Waals surface area contributed by atoms with Crippen molar-refractivity contribution in [2.75, 3.05) is 0 Å². The van der Waals surface area contributed by atoms with Crippen molar-refractivity contribution in [3.05, 3.63) is 21.7 Å². The molecule has 7 atom stereocenters. The maximum absolute atomic E-state index is 13.2. The average Bonchev–Trinajstić information content (AvgIpc) is 3.19. The lowest BCUT2D eigenvalue weighted by Gasteiger charge is -2.35. The van der Waals surface area contributed by atoms with E-state index in [-0.39, 0.29) is 18.1 Å². The molecule has 1 aromatic rings. The van der Waals surface area contributed by atoms with Crippen molar-refractivity contribution >= 4 is 29.2 Å². The summed E-state index contributed by atoms with van der Waals surface area (Å²) in [5.41, 5.74) is 6.95. The van der Waals surface area contributed by atoms with Crippen LogP contribution in [0.15, 0.2) is 11.0 Å². The van der Waals surface area contributed by atoms with Gasteiger partial charge in [0, 0.05) is 17.3 Å². The summed E-state index contributed by atoms with van der Waals surface area (Å²) in [7, 11) is 0. The van der Waals surface area contributed by atoms with Crippen LogP contribution in [0.5, 0.6) is 0 Å². The summed E-state index contributed by atoms with van der Waals surface area (Å²) >= 11 is 1.54. The second-order valence-electron chi connectivity index (χ2n) is 11.1. The number of nitrogens with two attached hydrogens (primary N) is 1. The summed E-state index contributed by atoms with van der Waals surface area (Å²) < 4.78 is 5.84. The van der Waals surface area contributed by atoms with Crippen LogP contribution in [0.1, 0.15) is 84.3 Å². The predicted octanol–water partition coefficient (Wildman–Crippen LogP) is 4.28. The van der Waals surface area contributed by atoms with E-state index in [9.17, 15) is 19.8 Å². The van der Waals surface area contributed by atoms with E-state index in [2.05, 4.69) is 11.9 Å². The Balaban J connectivity index is 2.34. The maximum Gasteiger partial charge on any atom is 0.309 e. The van der Waals surface area contributed by atoms with Crippen LogP contribution in [0.4, 0.5) is 0 Å². The van der Waals surface area contributed by atoms with Gasteiger partial charge in [-0.15, -0.1) is 11.3 Å². The largest absolute Gasteiger partial charge is 0.456 e. The van der Waals surface area contributed by atoms with Crippen molar-refractivity contribution < 1.29 is 24.5 Å². The summed E-state index contributed by atoms with van der Waals surface area (Å²) in [6.07, 6.45) is 2.12. The fraction of sp³-hybridized carbons (Fsp3) is 0.741. The highest BCUT2D eigenvalue weighted by atomic mass is 32.1. The number of carbonyl (C=O) groups is 2. The number of Topliss-reactive ketones (excluding diaryl/α,β-unsaturated/α-hetero) is 1. The summed E-state index contributed by atoms with van der Waals surface area (Å²) in [6.45, 7) is 12.8. The van der Waals surface area contributed by atoms with E-state index in [1.807, 2.05) is 32.2 Å². The van der Waals surface area contributed by atoms with Gasteiger partial charge in [-0.2, -0.15) is 0 Å². The number of aromatic nitrogens is 1. The summed E-state index contributed by atoms with van der Waals surface area (Å²) in [5, 5.41) is 24.6. The topological polar surface area (TPSA) is 123 Å². The monoisotopic (exact) mass is 508 g/mol. The summed E-state index contributed by atoms with van der Waals surface area (Å²) in [5.74, 6) is -1.28. The van der Waals surface area contributed by atoms with Crippen molar-refractivity contribution in [3.63, 3.8) is 0 Å². The minimum Gasteiger partial charge on any atom is -0.456 e. The number of ketones is 1. The summed E-state index contributed by atoms with van der Waals surface area (Å²) in [4.78, 5) is 30.6. The zero-order valence-electron chi connectivity index (χ0n) is 22.3. The lowest BCUT2D eigenvalue weighted by molar-refractivity contribution is -0.155. The standard InChI is InChI=1S/C27H44N2O5S/c1-15-9-8-10-16(2)24(32)18(4)26(33)27(6,7)22(30)13-23(31)34-25(21(28)11-15)17(3)12-20-14-35-19(5)29-20/h12,14-16,18,21-22,24-25,30,32H,8-11,13,28H2,1-7H3/b17-12+. The molecule has 1 aliphatic rings. The summed E-state index contributed by atoms with van der Waals surface area (Å²) in [6, 6.07) is -0.423. The van der Waals surface area contributed by atoms with Gasteiger partial charge < -0.3 is 20.7 Å². The minimum atomic E-state index is -1.25. The van der Waals surface area contributed by atoms with Crippen LogP contribution in [-0.4, -0.2) is 51.3 Å². The van der Waals surface area contributed by atoms with Crippen molar-refractivity contribution in [1.82, 2.24) is 4.98 Å². The molecule has 0 aliphatic carbocycles. The number of cyclic esters (lactones) is 1. The smallest absolute Gasteiger partial charge is 0.309 e. The van der Waals surface area contributed by atoms with Gasteiger partial charge in [0.25, 0.3) is 0 Å². The van der Waals surface area contributed by atoms with Crippen molar-refractivity contribution in [1.29, 1.82) is 0 Å². The molecule has 1 aromatic heterocycles. The van der Waals surface area contributed by atoms with Gasteiger partial charge in [0.05, 0.1) is 34.7 Å². The molecule has 0 aromatic carbocycles. The average molecular weight is 509 g/mol. The van der Waals surface area contributed by atoms with E-state index in [4.69, 9.17) is 10.5 Å². The molecule has 2 rings (SSSR count). The molecule has 2 heterocycles. The van der Waals surface area contributed by atoms with E-state index in [0.29, 0.717) is 12.3 Å². The fourth-order valence-electron chi connectivity index (χ4n) is 4.95. The minimum absolute atomic E-state index is 0.0554. The highest BCUT2D eigenvalue weighted by molar-refractivity contribution is 7.09. The number of ether oxygens (including phenoxy) is 1. The van der Waals surface area contributed by atoms with E-state index < -0.39 is 41.7 Å². The zero-order valence-corrected chi connectivity index (χ0v) is 23.1. The van der Waals surface area contributed by atoms with Crippen LogP contribution in [-0.2, 0) is 14.3 Å². The Morgan fingerprint density at radius 1 is 1.23 bits per heavy atom. The van der Waals surface area contributed by atoms with E-state index in [1.54, 1.807) is 32.1 Å². The zero-order chi connectivity index (χ0) is 26.5. The predicted molar refractivity (Wildman–Crippen MR) is 140 cm³/mol. The van der Waals surface area contributed by atoms with Crippen molar-refractivity contribution in [2.24, 2.45) is 28.9 Å². The van der Waals surface area contributed by atoms with Crippen molar-refractivity contribution in [2.45, 2.75) is 105 Å². The number of esters is 1.